The molecule has 10 heavy (non-hydrogen) atoms. The molecule has 0 aliphatic heterocycles. The molecule has 0 heterocycles. The van der Waals surface area contributed by atoms with Crippen LogP contribution in [-0.2, 0) is 9.47 Å². The Bertz CT molecular complexity index is 101. The van der Waals surface area contributed by atoms with Crippen LogP contribution in [0.1, 0.15) is 0 Å². The molecule has 0 aromatic rings. The van der Waals surface area contributed by atoms with E-state index in [1.807, 2.05) is 0 Å². The van der Waals surface area contributed by atoms with Crippen LogP contribution in [0.5, 0.6) is 0 Å². The number of ether oxygens (including phenoxy) is 2. The van der Waals surface area contributed by atoms with E-state index >= 15 is 0 Å². The van der Waals surface area contributed by atoms with Gasteiger partial charge in [-0.3, -0.25) is 0 Å². The van der Waals surface area contributed by atoms with Gasteiger partial charge in [-0.1, -0.05) is 11.8 Å². The van der Waals surface area contributed by atoms with Gasteiger partial charge in [0.15, 0.2) is 0 Å². The topological polar surface area (TPSA) is 58.9 Å². The fourth-order valence-corrected chi connectivity index (χ4v) is 0.295. The second-order valence-corrected chi connectivity index (χ2v) is 1.31. The molecule has 4 heteroatoms. The number of aliphatic hydroxyl groups is 2. The number of rotatable bonds is 4. The zero-order chi connectivity index (χ0) is 7.66. The van der Waals surface area contributed by atoms with Crippen molar-refractivity contribution in [2.45, 2.75) is 0 Å². The van der Waals surface area contributed by atoms with E-state index in [-0.39, 0.29) is 26.8 Å². The van der Waals surface area contributed by atoms with Gasteiger partial charge in [0, 0.05) is 0 Å². The molecule has 0 aliphatic rings. The molecule has 0 unspecified atom stereocenters. The summed E-state index contributed by atoms with van der Waals surface area (Å²) in [7, 11) is 0. The van der Waals surface area contributed by atoms with Crippen LogP contribution in [0, 0.1) is 11.8 Å². The highest BCUT2D eigenvalue weighted by Gasteiger charge is 1.75. The van der Waals surface area contributed by atoms with Crippen molar-refractivity contribution in [1.29, 1.82) is 0 Å². The molecule has 0 rings (SSSR count). The van der Waals surface area contributed by atoms with E-state index in [9.17, 15) is 0 Å². The summed E-state index contributed by atoms with van der Waals surface area (Å²) in [6, 6.07) is 0. The molecule has 0 spiro atoms. The summed E-state index contributed by atoms with van der Waals surface area (Å²) in [4.78, 5) is 0. The third-order valence-corrected chi connectivity index (χ3v) is 0.656. The van der Waals surface area contributed by atoms with Gasteiger partial charge in [0.1, 0.15) is 26.8 Å². The molecular formula is C6H10O4. The lowest BCUT2D eigenvalue weighted by Crippen LogP contribution is -1.94. The Kier molecular flexibility index (Phi) is 7.90. The smallest absolute Gasteiger partial charge is 0.144 e. The van der Waals surface area contributed by atoms with E-state index in [2.05, 4.69) is 21.3 Å². The first-order valence-electron chi connectivity index (χ1n) is 2.74. The summed E-state index contributed by atoms with van der Waals surface area (Å²) in [5, 5.41) is 16.2. The largest absolute Gasteiger partial charge is 0.371 e. The van der Waals surface area contributed by atoms with Gasteiger partial charge in [-0.05, 0) is 0 Å². The predicted octanol–water partition coefficient (Wildman–Crippen LogP) is -1.08. The van der Waals surface area contributed by atoms with Gasteiger partial charge in [-0.2, -0.15) is 0 Å². The van der Waals surface area contributed by atoms with Crippen LogP contribution in [0.3, 0.4) is 0 Å². The average molecular weight is 146 g/mol. The Morgan fingerprint density at radius 3 is 1.60 bits per heavy atom. The van der Waals surface area contributed by atoms with Crippen molar-refractivity contribution in [3.8, 4) is 11.8 Å². The molecule has 0 bridgehead atoms. The highest BCUT2D eigenvalue weighted by Crippen LogP contribution is 1.69. The summed E-state index contributed by atoms with van der Waals surface area (Å²) >= 11 is 0. The Labute approximate surface area is 59.4 Å². The maximum absolute atomic E-state index is 8.11. The first-order valence-corrected chi connectivity index (χ1v) is 2.74. The van der Waals surface area contributed by atoms with Gasteiger partial charge in [0.05, 0.1) is 0 Å². The van der Waals surface area contributed by atoms with Gasteiger partial charge in [-0.15, -0.1) is 0 Å². The summed E-state index contributed by atoms with van der Waals surface area (Å²) in [5.41, 5.74) is 0. The van der Waals surface area contributed by atoms with Crippen LogP contribution in [-0.4, -0.2) is 37.0 Å². The normalized spacial score (nSPS) is 8.60. The van der Waals surface area contributed by atoms with E-state index in [4.69, 9.17) is 10.2 Å². The standard InChI is InChI=1S/C6H10O4/c7-5-9-3-1-2-4-10-6-8/h7-8H,3-6H2. The summed E-state index contributed by atoms with van der Waals surface area (Å²) < 4.78 is 8.96. The van der Waals surface area contributed by atoms with Crippen molar-refractivity contribution in [1.82, 2.24) is 0 Å². The molecule has 0 fully saturated rings. The molecule has 2 N–H and O–H groups in total. The minimum atomic E-state index is -0.324. The predicted molar refractivity (Wildman–Crippen MR) is 33.9 cm³/mol. The SMILES string of the molecule is OCOCC#CCOCO. The van der Waals surface area contributed by atoms with Crippen molar-refractivity contribution < 1.29 is 19.7 Å². The number of hydrogen-bond donors (Lipinski definition) is 2. The van der Waals surface area contributed by atoms with Gasteiger partial charge < -0.3 is 19.7 Å². The quantitative estimate of drug-likeness (QED) is 0.301. The van der Waals surface area contributed by atoms with Gasteiger partial charge in [0.2, 0.25) is 0 Å². The number of hydrogen-bond acceptors (Lipinski definition) is 4. The molecule has 0 radical (unpaired) electrons. The summed E-state index contributed by atoms with van der Waals surface area (Å²) in [5.74, 6) is 5.11. The van der Waals surface area contributed by atoms with Crippen molar-refractivity contribution in [2.24, 2.45) is 0 Å². The van der Waals surface area contributed by atoms with Gasteiger partial charge in [0.25, 0.3) is 0 Å². The minimum Gasteiger partial charge on any atom is -0.371 e. The molecule has 0 atom stereocenters. The highest BCUT2D eigenvalue weighted by molar-refractivity contribution is 4.98. The van der Waals surface area contributed by atoms with Crippen LogP contribution in [0.2, 0.25) is 0 Å². The summed E-state index contributed by atoms with van der Waals surface area (Å²) in [6.45, 7) is -0.276. The Morgan fingerprint density at radius 2 is 1.30 bits per heavy atom. The first-order chi connectivity index (χ1) is 4.91. The van der Waals surface area contributed by atoms with Crippen molar-refractivity contribution in [2.75, 3.05) is 26.8 Å². The molecule has 0 saturated heterocycles. The molecule has 0 saturated carbocycles. The zero-order valence-electron chi connectivity index (χ0n) is 5.54. The van der Waals surface area contributed by atoms with E-state index in [1.165, 1.54) is 0 Å². The second kappa shape index (κ2) is 8.40. The lowest BCUT2D eigenvalue weighted by molar-refractivity contribution is 0.0125. The van der Waals surface area contributed by atoms with Crippen molar-refractivity contribution >= 4 is 0 Å². The minimum absolute atomic E-state index is 0.186. The lowest BCUT2D eigenvalue weighted by Gasteiger charge is -1.90. The summed E-state index contributed by atoms with van der Waals surface area (Å²) in [6.07, 6.45) is 0. The van der Waals surface area contributed by atoms with E-state index in [0.29, 0.717) is 0 Å². The molecule has 0 aliphatic carbocycles. The fourth-order valence-electron chi connectivity index (χ4n) is 0.295. The van der Waals surface area contributed by atoms with Crippen LogP contribution in [0.15, 0.2) is 0 Å². The van der Waals surface area contributed by atoms with Crippen LogP contribution < -0.4 is 0 Å². The molecule has 0 amide bonds. The van der Waals surface area contributed by atoms with E-state index in [0.717, 1.165) is 0 Å². The molecule has 0 aromatic carbocycles. The molecule has 58 valence electrons. The van der Waals surface area contributed by atoms with Crippen LogP contribution in [0.25, 0.3) is 0 Å². The third-order valence-electron chi connectivity index (χ3n) is 0.656. The fraction of sp³-hybridized carbons (Fsp3) is 0.667. The molecule has 0 aromatic heterocycles. The lowest BCUT2D eigenvalue weighted by atomic mass is 10.6. The average Bonchev–Trinajstić information content (AvgIpc) is 1.97. The Morgan fingerprint density at radius 1 is 0.900 bits per heavy atom. The van der Waals surface area contributed by atoms with E-state index in [1.54, 1.807) is 0 Å². The van der Waals surface area contributed by atoms with Crippen molar-refractivity contribution in [3.05, 3.63) is 0 Å². The maximum Gasteiger partial charge on any atom is 0.144 e. The van der Waals surface area contributed by atoms with Crippen LogP contribution >= 0.6 is 0 Å². The van der Waals surface area contributed by atoms with Crippen molar-refractivity contribution in [3.63, 3.8) is 0 Å². The molecule has 4 nitrogen and oxygen atoms in total. The first kappa shape index (κ1) is 9.40. The second-order valence-electron chi connectivity index (χ2n) is 1.31. The monoisotopic (exact) mass is 146 g/mol. The number of aliphatic hydroxyl groups excluding tert-OH is 2. The molecular weight excluding hydrogens is 136 g/mol. The third kappa shape index (κ3) is 7.40. The van der Waals surface area contributed by atoms with Gasteiger partial charge in [-0.25, -0.2) is 0 Å². The van der Waals surface area contributed by atoms with E-state index < -0.39 is 0 Å². The van der Waals surface area contributed by atoms with Gasteiger partial charge >= 0.3 is 0 Å². The zero-order valence-corrected chi connectivity index (χ0v) is 5.54. The maximum atomic E-state index is 8.11. The Hall–Kier alpha value is -0.600. The Balaban J connectivity index is 2.98. The highest BCUT2D eigenvalue weighted by atomic mass is 16.6. The van der Waals surface area contributed by atoms with Crippen LogP contribution in [0.4, 0.5) is 0 Å².